The molecular weight excluding hydrogens is 128 g/mol. The largest absolute Gasteiger partial charge is 0.402 e. The Morgan fingerprint density at radius 2 is 2.40 bits per heavy atom. The van der Waals surface area contributed by atoms with Crippen molar-refractivity contribution in [1.82, 2.24) is 0 Å². The summed E-state index contributed by atoms with van der Waals surface area (Å²) in [5, 5.41) is 8.32. The van der Waals surface area contributed by atoms with E-state index in [-0.39, 0.29) is 6.61 Å². The van der Waals surface area contributed by atoms with Gasteiger partial charge >= 0.3 is 0 Å². The number of hydrogen-bond donors (Lipinski definition) is 2. The minimum Gasteiger partial charge on any atom is -0.402 e. The summed E-state index contributed by atoms with van der Waals surface area (Å²) in [7, 11) is 0. The van der Waals surface area contributed by atoms with Gasteiger partial charge in [0.25, 0.3) is 0 Å². The van der Waals surface area contributed by atoms with Gasteiger partial charge in [-0.3, -0.25) is 4.99 Å². The standard InChI is InChI=1S/C7H14N2O/c1-2-7(8)3-4-9-5-6-10/h3-4,10H,2,5-6,8H2,1H3/b7-3-,9-4?. The molecule has 0 aliphatic heterocycles. The SMILES string of the molecule is CC/C(N)=C/C=NCCO. The summed E-state index contributed by atoms with van der Waals surface area (Å²) in [6.07, 6.45) is 4.20. The van der Waals surface area contributed by atoms with Crippen LogP contribution in [0.4, 0.5) is 0 Å². The summed E-state index contributed by atoms with van der Waals surface area (Å²) in [5.41, 5.74) is 6.27. The maximum absolute atomic E-state index is 8.32. The third-order valence-corrected chi connectivity index (χ3v) is 1.03. The summed E-state index contributed by atoms with van der Waals surface area (Å²) >= 11 is 0. The van der Waals surface area contributed by atoms with Crippen LogP contribution < -0.4 is 5.73 Å². The van der Waals surface area contributed by atoms with Crippen molar-refractivity contribution < 1.29 is 5.11 Å². The van der Waals surface area contributed by atoms with Crippen molar-refractivity contribution in [3.05, 3.63) is 11.8 Å². The van der Waals surface area contributed by atoms with Crippen LogP contribution in [0.2, 0.25) is 0 Å². The van der Waals surface area contributed by atoms with E-state index >= 15 is 0 Å². The van der Waals surface area contributed by atoms with Gasteiger partial charge in [0, 0.05) is 11.9 Å². The minimum atomic E-state index is 0.0936. The van der Waals surface area contributed by atoms with Gasteiger partial charge in [0.05, 0.1) is 13.2 Å². The fourth-order valence-corrected chi connectivity index (χ4v) is 0.399. The lowest BCUT2D eigenvalue weighted by Crippen LogP contribution is -1.95. The maximum Gasteiger partial charge on any atom is 0.0626 e. The molecule has 0 bridgehead atoms. The van der Waals surface area contributed by atoms with Crippen molar-refractivity contribution in [3.63, 3.8) is 0 Å². The second-order valence-electron chi connectivity index (χ2n) is 1.87. The van der Waals surface area contributed by atoms with Crippen LogP contribution in [0.3, 0.4) is 0 Å². The number of aliphatic hydroxyl groups is 1. The molecule has 0 fully saturated rings. The maximum atomic E-state index is 8.32. The first-order valence-corrected chi connectivity index (χ1v) is 3.36. The van der Waals surface area contributed by atoms with Crippen molar-refractivity contribution in [1.29, 1.82) is 0 Å². The van der Waals surface area contributed by atoms with E-state index in [1.807, 2.05) is 6.92 Å². The number of rotatable bonds is 4. The average Bonchev–Trinajstić information content (AvgIpc) is 1.98. The zero-order valence-electron chi connectivity index (χ0n) is 6.25. The van der Waals surface area contributed by atoms with E-state index in [4.69, 9.17) is 10.8 Å². The number of hydrogen-bond acceptors (Lipinski definition) is 3. The summed E-state index contributed by atoms with van der Waals surface area (Å²) < 4.78 is 0. The zero-order chi connectivity index (χ0) is 7.82. The highest BCUT2D eigenvalue weighted by Gasteiger charge is 1.78. The van der Waals surface area contributed by atoms with Crippen LogP contribution in [0.5, 0.6) is 0 Å². The van der Waals surface area contributed by atoms with Gasteiger partial charge in [0.1, 0.15) is 0 Å². The predicted octanol–water partition coefficient (Wildman–Crippen LogP) is 0.302. The molecule has 0 aromatic rings. The smallest absolute Gasteiger partial charge is 0.0626 e. The summed E-state index contributed by atoms with van der Waals surface area (Å²) in [4.78, 5) is 3.85. The lowest BCUT2D eigenvalue weighted by atomic mass is 10.3. The van der Waals surface area contributed by atoms with Crippen LogP contribution >= 0.6 is 0 Å². The van der Waals surface area contributed by atoms with Crippen LogP contribution in [-0.2, 0) is 0 Å². The number of allylic oxidation sites excluding steroid dienone is 2. The van der Waals surface area contributed by atoms with Crippen LogP contribution in [0.1, 0.15) is 13.3 Å². The first-order chi connectivity index (χ1) is 4.81. The van der Waals surface area contributed by atoms with E-state index in [1.165, 1.54) is 0 Å². The molecule has 0 aromatic carbocycles. The van der Waals surface area contributed by atoms with E-state index in [1.54, 1.807) is 12.3 Å². The monoisotopic (exact) mass is 142 g/mol. The Morgan fingerprint density at radius 3 is 2.90 bits per heavy atom. The molecule has 3 N–H and O–H groups in total. The Bertz CT molecular complexity index is 130. The van der Waals surface area contributed by atoms with Crippen molar-refractivity contribution in [2.24, 2.45) is 10.7 Å². The second kappa shape index (κ2) is 6.29. The number of nitrogens with two attached hydrogens (primary N) is 1. The molecule has 0 saturated carbocycles. The molecule has 0 atom stereocenters. The molecule has 0 aromatic heterocycles. The molecule has 0 saturated heterocycles. The van der Waals surface area contributed by atoms with Gasteiger partial charge in [-0.2, -0.15) is 0 Å². The molecule has 0 aliphatic rings. The first kappa shape index (κ1) is 9.17. The zero-order valence-corrected chi connectivity index (χ0v) is 6.25. The summed E-state index contributed by atoms with van der Waals surface area (Å²) in [5.74, 6) is 0. The van der Waals surface area contributed by atoms with Gasteiger partial charge in [-0.25, -0.2) is 0 Å². The van der Waals surface area contributed by atoms with E-state index in [0.717, 1.165) is 12.1 Å². The predicted molar refractivity (Wildman–Crippen MR) is 43.0 cm³/mol. The molecule has 0 amide bonds. The second-order valence-corrected chi connectivity index (χ2v) is 1.87. The van der Waals surface area contributed by atoms with Gasteiger partial charge in [-0.1, -0.05) is 6.92 Å². The molecular formula is C7H14N2O. The van der Waals surface area contributed by atoms with Gasteiger partial charge in [0.15, 0.2) is 0 Å². The highest BCUT2D eigenvalue weighted by atomic mass is 16.3. The molecule has 0 aliphatic carbocycles. The summed E-state index contributed by atoms with van der Waals surface area (Å²) in [6.45, 7) is 2.52. The molecule has 0 radical (unpaired) electrons. The summed E-state index contributed by atoms with van der Waals surface area (Å²) in [6, 6.07) is 0. The molecule has 0 spiro atoms. The van der Waals surface area contributed by atoms with E-state index < -0.39 is 0 Å². The molecule has 58 valence electrons. The Hall–Kier alpha value is -0.830. The Morgan fingerprint density at radius 1 is 1.70 bits per heavy atom. The lowest BCUT2D eigenvalue weighted by molar-refractivity contribution is 0.307. The fraction of sp³-hybridized carbons (Fsp3) is 0.571. The van der Waals surface area contributed by atoms with Crippen molar-refractivity contribution in [3.8, 4) is 0 Å². The molecule has 3 nitrogen and oxygen atoms in total. The quantitative estimate of drug-likeness (QED) is 0.555. The average molecular weight is 142 g/mol. The van der Waals surface area contributed by atoms with Crippen LogP contribution in [-0.4, -0.2) is 24.5 Å². The molecule has 3 heteroatoms. The van der Waals surface area contributed by atoms with Crippen LogP contribution in [0.15, 0.2) is 16.8 Å². The highest BCUT2D eigenvalue weighted by Crippen LogP contribution is 1.86. The molecule has 0 rings (SSSR count). The number of aliphatic imine (C=N–C) groups is 1. The van der Waals surface area contributed by atoms with E-state index in [2.05, 4.69) is 4.99 Å². The third kappa shape index (κ3) is 5.31. The van der Waals surface area contributed by atoms with Gasteiger partial charge < -0.3 is 10.8 Å². The number of nitrogens with zero attached hydrogens (tertiary/aromatic N) is 1. The topological polar surface area (TPSA) is 58.6 Å². The van der Waals surface area contributed by atoms with Gasteiger partial charge in [0.2, 0.25) is 0 Å². The van der Waals surface area contributed by atoms with Crippen molar-refractivity contribution in [2.75, 3.05) is 13.2 Å². The first-order valence-electron chi connectivity index (χ1n) is 3.36. The van der Waals surface area contributed by atoms with E-state index in [9.17, 15) is 0 Å². The molecule has 0 unspecified atom stereocenters. The van der Waals surface area contributed by atoms with Crippen molar-refractivity contribution >= 4 is 6.21 Å². The highest BCUT2D eigenvalue weighted by molar-refractivity contribution is 5.71. The van der Waals surface area contributed by atoms with Crippen molar-refractivity contribution in [2.45, 2.75) is 13.3 Å². The van der Waals surface area contributed by atoms with Gasteiger partial charge in [-0.05, 0) is 12.5 Å². The molecule has 10 heavy (non-hydrogen) atoms. The van der Waals surface area contributed by atoms with Crippen LogP contribution in [0, 0.1) is 0 Å². The Labute approximate surface area is 61.3 Å². The number of aliphatic hydroxyl groups excluding tert-OH is 1. The Balaban J connectivity index is 3.49. The molecule has 0 heterocycles. The minimum absolute atomic E-state index is 0.0936. The third-order valence-electron chi connectivity index (χ3n) is 1.03. The Kier molecular flexibility index (Phi) is 5.77. The fourth-order valence-electron chi connectivity index (χ4n) is 0.399. The van der Waals surface area contributed by atoms with E-state index in [0.29, 0.717) is 6.54 Å². The lowest BCUT2D eigenvalue weighted by Gasteiger charge is -1.89. The van der Waals surface area contributed by atoms with Crippen LogP contribution in [0.25, 0.3) is 0 Å². The normalized spacial score (nSPS) is 12.8. The van der Waals surface area contributed by atoms with Gasteiger partial charge in [-0.15, -0.1) is 0 Å².